The van der Waals surface area contributed by atoms with Crippen molar-refractivity contribution in [3.63, 3.8) is 0 Å². The fraction of sp³-hybridized carbons (Fsp3) is 0.417. The van der Waals surface area contributed by atoms with E-state index >= 15 is 0 Å². The molecular formula is C12H16BrN3O. The van der Waals surface area contributed by atoms with E-state index in [1.165, 1.54) is 6.42 Å². The van der Waals surface area contributed by atoms with Gasteiger partial charge in [0.15, 0.2) is 0 Å². The number of nitrogens with two attached hydrogens (primary N) is 1. The number of amides is 2. The zero-order chi connectivity index (χ0) is 12.3. The number of benzene rings is 1. The number of hydrogen-bond acceptors (Lipinski definition) is 2. The number of rotatable bonds is 1. The van der Waals surface area contributed by atoms with E-state index in [0.29, 0.717) is 11.4 Å². The van der Waals surface area contributed by atoms with E-state index in [1.807, 2.05) is 11.0 Å². The molecule has 0 aromatic heterocycles. The third kappa shape index (κ3) is 3.12. The third-order valence-electron chi connectivity index (χ3n) is 2.90. The summed E-state index contributed by atoms with van der Waals surface area (Å²) in [6.07, 6.45) is 3.39. The molecule has 17 heavy (non-hydrogen) atoms. The Hall–Kier alpha value is -1.23. The maximum absolute atomic E-state index is 12.0. The first kappa shape index (κ1) is 12.2. The molecule has 1 heterocycles. The summed E-state index contributed by atoms with van der Waals surface area (Å²) < 4.78 is 0.908. The highest BCUT2D eigenvalue weighted by atomic mass is 79.9. The molecule has 1 aliphatic rings. The van der Waals surface area contributed by atoms with Gasteiger partial charge in [-0.3, -0.25) is 0 Å². The normalized spacial score (nSPS) is 15.7. The Bertz CT molecular complexity index is 416. The molecule has 0 unspecified atom stereocenters. The highest BCUT2D eigenvalue weighted by Gasteiger charge is 2.16. The molecule has 0 radical (unpaired) electrons. The lowest BCUT2D eigenvalue weighted by Crippen LogP contribution is -2.38. The van der Waals surface area contributed by atoms with E-state index in [2.05, 4.69) is 21.2 Å². The summed E-state index contributed by atoms with van der Waals surface area (Å²) in [5.74, 6) is 0. The Balaban J connectivity index is 2.02. The zero-order valence-corrected chi connectivity index (χ0v) is 11.2. The second-order valence-corrected chi connectivity index (χ2v) is 5.13. The maximum Gasteiger partial charge on any atom is 0.321 e. The van der Waals surface area contributed by atoms with Crippen LogP contribution in [0.5, 0.6) is 0 Å². The third-order valence-corrected chi connectivity index (χ3v) is 3.39. The van der Waals surface area contributed by atoms with Crippen LogP contribution >= 0.6 is 15.9 Å². The summed E-state index contributed by atoms with van der Waals surface area (Å²) in [7, 11) is 0. The van der Waals surface area contributed by atoms with Crippen LogP contribution in [0.2, 0.25) is 0 Å². The Morgan fingerprint density at radius 1 is 1.29 bits per heavy atom. The quantitative estimate of drug-likeness (QED) is 0.783. The average molecular weight is 298 g/mol. The van der Waals surface area contributed by atoms with Gasteiger partial charge in [0, 0.05) is 17.6 Å². The average Bonchev–Trinajstić information content (AvgIpc) is 2.34. The molecule has 1 saturated heterocycles. The van der Waals surface area contributed by atoms with E-state index in [-0.39, 0.29) is 6.03 Å². The molecule has 1 aliphatic heterocycles. The molecule has 1 aromatic carbocycles. The number of piperidine rings is 1. The van der Waals surface area contributed by atoms with Gasteiger partial charge in [-0.2, -0.15) is 0 Å². The second kappa shape index (κ2) is 5.40. The molecule has 92 valence electrons. The first-order valence-electron chi connectivity index (χ1n) is 5.78. The lowest BCUT2D eigenvalue weighted by atomic mass is 10.1. The van der Waals surface area contributed by atoms with E-state index in [0.717, 1.165) is 30.4 Å². The number of nitrogen functional groups attached to an aromatic ring is 1. The molecule has 0 atom stereocenters. The molecule has 2 rings (SSSR count). The van der Waals surface area contributed by atoms with Gasteiger partial charge in [-0.15, -0.1) is 0 Å². The summed E-state index contributed by atoms with van der Waals surface area (Å²) in [6.45, 7) is 1.67. The zero-order valence-electron chi connectivity index (χ0n) is 9.58. The van der Waals surface area contributed by atoms with Gasteiger partial charge in [0.05, 0.1) is 11.4 Å². The number of carbonyl (C=O) groups excluding carboxylic acids is 1. The van der Waals surface area contributed by atoms with Crippen molar-refractivity contribution in [1.29, 1.82) is 0 Å². The van der Waals surface area contributed by atoms with Crippen LogP contribution < -0.4 is 11.1 Å². The van der Waals surface area contributed by atoms with Crippen molar-refractivity contribution in [2.24, 2.45) is 0 Å². The smallest absolute Gasteiger partial charge is 0.321 e. The molecular weight excluding hydrogens is 282 g/mol. The summed E-state index contributed by atoms with van der Waals surface area (Å²) in [5.41, 5.74) is 7.08. The highest BCUT2D eigenvalue weighted by molar-refractivity contribution is 9.10. The minimum atomic E-state index is -0.0567. The van der Waals surface area contributed by atoms with E-state index in [4.69, 9.17) is 5.73 Å². The first-order valence-corrected chi connectivity index (χ1v) is 6.57. The van der Waals surface area contributed by atoms with E-state index < -0.39 is 0 Å². The van der Waals surface area contributed by atoms with Crippen molar-refractivity contribution in [3.05, 3.63) is 22.7 Å². The van der Waals surface area contributed by atoms with Crippen LogP contribution in [0.25, 0.3) is 0 Å². The van der Waals surface area contributed by atoms with Gasteiger partial charge >= 0.3 is 6.03 Å². The minimum absolute atomic E-state index is 0.0567. The summed E-state index contributed by atoms with van der Waals surface area (Å²) >= 11 is 3.34. The molecule has 3 N–H and O–H groups in total. The molecule has 2 amide bonds. The highest BCUT2D eigenvalue weighted by Crippen LogP contribution is 2.23. The van der Waals surface area contributed by atoms with Crippen molar-refractivity contribution < 1.29 is 4.79 Å². The monoisotopic (exact) mass is 297 g/mol. The lowest BCUT2D eigenvalue weighted by molar-refractivity contribution is 0.200. The Labute approximate surface area is 109 Å². The minimum Gasteiger partial charge on any atom is -0.397 e. The molecule has 0 spiro atoms. The number of likely N-dealkylation sites (tertiary alicyclic amines) is 1. The number of anilines is 2. The van der Waals surface area contributed by atoms with Crippen molar-refractivity contribution in [2.45, 2.75) is 19.3 Å². The lowest BCUT2D eigenvalue weighted by Gasteiger charge is -2.27. The van der Waals surface area contributed by atoms with Crippen LogP contribution in [0.15, 0.2) is 22.7 Å². The maximum atomic E-state index is 12.0. The van der Waals surface area contributed by atoms with E-state index in [9.17, 15) is 4.79 Å². The fourth-order valence-electron chi connectivity index (χ4n) is 1.94. The molecule has 1 aromatic rings. The summed E-state index contributed by atoms with van der Waals surface area (Å²) in [5, 5.41) is 2.85. The number of nitrogens with zero attached hydrogens (tertiary/aromatic N) is 1. The van der Waals surface area contributed by atoms with Gasteiger partial charge in [-0.1, -0.05) is 15.9 Å². The van der Waals surface area contributed by atoms with Crippen LogP contribution in [0.3, 0.4) is 0 Å². The number of carbonyl (C=O) groups is 1. The van der Waals surface area contributed by atoms with Crippen molar-refractivity contribution in [3.8, 4) is 0 Å². The Kier molecular flexibility index (Phi) is 3.89. The topological polar surface area (TPSA) is 58.4 Å². The first-order chi connectivity index (χ1) is 8.16. The van der Waals surface area contributed by atoms with Crippen molar-refractivity contribution in [2.75, 3.05) is 24.1 Å². The number of hydrogen-bond donors (Lipinski definition) is 2. The van der Waals surface area contributed by atoms with Gasteiger partial charge in [-0.25, -0.2) is 4.79 Å². The van der Waals surface area contributed by atoms with Gasteiger partial charge < -0.3 is 16.0 Å². The molecule has 5 heteroatoms. The Morgan fingerprint density at radius 2 is 2.00 bits per heavy atom. The van der Waals surface area contributed by atoms with Gasteiger partial charge in [0.25, 0.3) is 0 Å². The largest absolute Gasteiger partial charge is 0.397 e. The van der Waals surface area contributed by atoms with Gasteiger partial charge in [-0.05, 0) is 37.5 Å². The van der Waals surface area contributed by atoms with Gasteiger partial charge in [0.2, 0.25) is 0 Å². The predicted molar refractivity (Wildman–Crippen MR) is 73.0 cm³/mol. The van der Waals surface area contributed by atoms with E-state index in [1.54, 1.807) is 12.1 Å². The van der Waals surface area contributed by atoms with Gasteiger partial charge in [0.1, 0.15) is 0 Å². The van der Waals surface area contributed by atoms with Crippen molar-refractivity contribution >= 4 is 33.3 Å². The van der Waals surface area contributed by atoms with Crippen LogP contribution in [0.4, 0.5) is 16.2 Å². The molecule has 0 bridgehead atoms. The summed E-state index contributed by atoms with van der Waals surface area (Å²) in [6, 6.07) is 5.40. The SMILES string of the molecule is Nc1cc(Br)ccc1NC(=O)N1CCCCC1. The van der Waals surface area contributed by atoms with Crippen LogP contribution in [-0.2, 0) is 0 Å². The van der Waals surface area contributed by atoms with Crippen LogP contribution in [-0.4, -0.2) is 24.0 Å². The molecule has 1 fully saturated rings. The second-order valence-electron chi connectivity index (χ2n) is 4.21. The van der Waals surface area contributed by atoms with Crippen LogP contribution in [0, 0.1) is 0 Å². The Morgan fingerprint density at radius 3 is 2.65 bits per heavy atom. The van der Waals surface area contributed by atoms with Crippen molar-refractivity contribution in [1.82, 2.24) is 4.90 Å². The number of urea groups is 1. The number of halogens is 1. The summed E-state index contributed by atoms with van der Waals surface area (Å²) in [4.78, 5) is 13.8. The molecule has 4 nitrogen and oxygen atoms in total. The standard InChI is InChI=1S/C12H16BrN3O/c13-9-4-5-11(10(14)8-9)15-12(17)16-6-2-1-3-7-16/h4-5,8H,1-3,6-7,14H2,(H,15,17). The fourth-order valence-corrected chi connectivity index (χ4v) is 2.32. The predicted octanol–water partition coefficient (Wildman–Crippen LogP) is 3.05. The van der Waals surface area contributed by atoms with Crippen LogP contribution in [0.1, 0.15) is 19.3 Å². The molecule has 0 saturated carbocycles. The number of nitrogens with one attached hydrogen (secondary N) is 1. The molecule has 0 aliphatic carbocycles.